The van der Waals surface area contributed by atoms with Crippen LogP contribution < -0.4 is 0 Å². The molecule has 2 fully saturated rings. The van der Waals surface area contributed by atoms with Crippen molar-refractivity contribution in [3.05, 3.63) is 41.9 Å². The Labute approximate surface area is 140 Å². The van der Waals surface area contributed by atoms with Crippen molar-refractivity contribution < 1.29 is 12.8 Å². The van der Waals surface area contributed by atoms with Crippen LogP contribution in [0.3, 0.4) is 0 Å². The fourth-order valence-electron chi connectivity index (χ4n) is 3.06. The minimum atomic E-state index is -3.74. The minimum absolute atomic E-state index is 0.167. The van der Waals surface area contributed by atoms with Crippen LogP contribution in [0.4, 0.5) is 4.39 Å². The van der Waals surface area contributed by atoms with E-state index in [1.54, 1.807) is 24.4 Å². The lowest BCUT2D eigenvalue weighted by atomic mass is 9.91. The van der Waals surface area contributed by atoms with Crippen LogP contribution in [-0.2, 0) is 22.2 Å². The fourth-order valence-corrected chi connectivity index (χ4v) is 4.78. The van der Waals surface area contributed by atoms with E-state index in [4.69, 9.17) is 0 Å². The third-order valence-corrected chi connectivity index (χ3v) is 6.49. The lowest BCUT2D eigenvalue weighted by Gasteiger charge is -2.43. The lowest BCUT2D eigenvalue weighted by Crippen LogP contribution is -2.58. The second kappa shape index (κ2) is 5.35. The first kappa shape index (κ1) is 15.7. The topological polar surface area (TPSA) is 68.1 Å². The Bertz CT molecular complexity index is 855. The zero-order valence-corrected chi connectivity index (χ0v) is 14.2. The molecule has 3 heterocycles. The average molecular weight is 350 g/mol. The summed E-state index contributed by atoms with van der Waals surface area (Å²) in [6.07, 6.45) is 5.13. The van der Waals surface area contributed by atoms with Crippen molar-refractivity contribution in [2.75, 3.05) is 13.1 Å². The van der Waals surface area contributed by atoms with Crippen LogP contribution >= 0.6 is 0 Å². The predicted octanol–water partition coefficient (Wildman–Crippen LogP) is 2.04. The third kappa shape index (κ3) is 2.44. The largest absolute Gasteiger partial charge is 0.264 e. The van der Waals surface area contributed by atoms with Crippen molar-refractivity contribution >= 4 is 10.0 Å². The molecule has 0 spiro atoms. The maximum absolute atomic E-state index is 14.9. The average Bonchev–Trinajstić information content (AvgIpc) is 3.31. The van der Waals surface area contributed by atoms with E-state index in [-0.39, 0.29) is 18.1 Å². The number of nitrogens with zero attached hydrogens (tertiary/aromatic N) is 4. The Balaban J connectivity index is 1.59. The molecule has 0 bridgehead atoms. The maximum atomic E-state index is 14.9. The van der Waals surface area contributed by atoms with Gasteiger partial charge < -0.3 is 0 Å². The summed E-state index contributed by atoms with van der Waals surface area (Å²) in [7, 11) is -3.74. The van der Waals surface area contributed by atoms with E-state index in [0.717, 1.165) is 18.5 Å². The molecular formula is C16H19FN4O2S. The van der Waals surface area contributed by atoms with E-state index in [2.05, 4.69) is 10.1 Å². The van der Waals surface area contributed by atoms with E-state index in [1.807, 2.05) is 6.92 Å². The number of alkyl halides is 1. The normalized spacial score (nSPS) is 20.8. The van der Waals surface area contributed by atoms with Crippen LogP contribution in [0.25, 0.3) is 0 Å². The van der Waals surface area contributed by atoms with Crippen LogP contribution in [0.2, 0.25) is 0 Å². The second-order valence-corrected chi connectivity index (χ2v) is 8.36. The summed E-state index contributed by atoms with van der Waals surface area (Å²) in [5, 5.41) is 4.57. The third-order valence-electron chi connectivity index (χ3n) is 4.69. The highest BCUT2D eigenvalue weighted by atomic mass is 32.2. The summed E-state index contributed by atoms with van der Waals surface area (Å²) < 4.78 is 43.3. The predicted molar refractivity (Wildman–Crippen MR) is 85.7 cm³/mol. The first-order chi connectivity index (χ1) is 11.4. The van der Waals surface area contributed by atoms with Crippen LogP contribution in [0.5, 0.6) is 0 Å². The number of sulfonamides is 1. The second-order valence-electron chi connectivity index (χ2n) is 6.48. The van der Waals surface area contributed by atoms with Gasteiger partial charge in [-0.05, 0) is 25.8 Å². The molecule has 2 aromatic rings. The summed E-state index contributed by atoms with van der Waals surface area (Å²) >= 11 is 0. The fraction of sp³-hybridized carbons (Fsp3) is 0.500. The number of rotatable bonds is 5. The van der Waals surface area contributed by atoms with Crippen molar-refractivity contribution in [3.8, 4) is 0 Å². The molecule has 24 heavy (non-hydrogen) atoms. The maximum Gasteiger partial charge on any atom is 0.260 e. The van der Waals surface area contributed by atoms with Crippen molar-refractivity contribution in [2.45, 2.75) is 42.9 Å². The first-order valence-electron chi connectivity index (χ1n) is 8.11. The zero-order chi connectivity index (χ0) is 16.9. The Morgan fingerprint density at radius 1 is 1.38 bits per heavy atom. The van der Waals surface area contributed by atoms with Gasteiger partial charge in [0.15, 0.2) is 10.7 Å². The monoisotopic (exact) mass is 350 g/mol. The molecule has 0 amide bonds. The van der Waals surface area contributed by atoms with Gasteiger partial charge in [-0.2, -0.15) is 9.40 Å². The van der Waals surface area contributed by atoms with E-state index < -0.39 is 15.7 Å². The number of halogens is 1. The highest BCUT2D eigenvalue weighted by molar-refractivity contribution is 7.89. The van der Waals surface area contributed by atoms with E-state index >= 15 is 0 Å². The molecule has 8 heteroatoms. The van der Waals surface area contributed by atoms with Gasteiger partial charge in [-0.15, -0.1) is 0 Å². The van der Waals surface area contributed by atoms with Crippen LogP contribution in [0, 0.1) is 0 Å². The summed E-state index contributed by atoms with van der Waals surface area (Å²) in [6, 6.07) is 4.94. The van der Waals surface area contributed by atoms with Gasteiger partial charge in [0.1, 0.15) is 0 Å². The van der Waals surface area contributed by atoms with Crippen molar-refractivity contribution in [1.29, 1.82) is 0 Å². The summed E-state index contributed by atoms with van der Waals surface area (Å²) in [5.74, 6) is 0.374. The molecule has 0 atom stereocenters. The molecule has 4 rings (SSSR count). The Morgan fingerprint density at radius 3 is 2.71 bits per heavy atom. The van der Waals surface area contributed by atoms with E-state index in [1.165, 1.54) is 15.2 Å². The van der Waals surface area contributed by atoms with Gasteiger partial charge in [0.25, 0.3) is 10.0 Å². The van der Waals surface area contributed by atoms with Crippen LogP contribution in [0.1, 0.15) is 36.9 Å². The van der Waals surface area contributed by atoms with Crippen molar-refractivity contribution in [1.82, 2.24) is 19.1 Å². The highest BCUT2D eigenvalue weighted by Crippen LogP contribution is 2.42. The summed E-state index contributed by atoms with van der Waals surface area (Å²) in [4.78, 5) is 3.91. The van der Waals surface area contributed by atoms with Gasteiger partial charge in [0, 0.05) is 36.5 Å². The molecule has 1 saturated heterocycles. The molecule has 2 aliphatic rings. The molecule has 0 aromatic carbocycles. The van der Waals surface area contributed by atoms with Gasteiger partial charge in [-0.1, -0.05) is 6.07 Å². The molecular weight excluding hydrogens is 331 g/mol. The molecule has 1 saturated carbocycles. The summed E-state index contributed by atoms with van der Waals surface area (Å²) in [6.45, 7) is 1.95. The van der Waals surface area contributed by atoms with E-state index in [9.17, 15) is 12.8 Å². The van der Waals surface area contributed by atoms with Crippen LogP contribution in [-0.4, -0.2) is 40.6 Å². The highest BCUT2D eigenvalue weighted by Gasteiger charge is 2.51. The first-order valence-corrected chi connectivity index (χ1v) is 9.55. The quantitative estimate of drug-likeness (QED) is 0.828. The van der Waals surface area contributed by atoms with Crippen molar-refractivity contribution in [2.24, 2.45) is 0 Å². The zero-order valence-electron chi connectivity index (χ0n) is 13.4. The molecule has 1 aliphatic heterocycles. The van der Waals surface area contributed by atoms with Gasteiger partial charge in [0.05, 0.1) is 18.8 Å². The standard InChI is InChI=1S/C16H19FN4O2S/c1-2-21-15(8-14(19-21)12-5-6-12)24(22,23)20-10-16(17,11-20)13-4-3-7-18-9-13/h3-4,7-9,12H,2,5-6,10-11H2,1H3. The molecule has 6 nitrogen and oxygen atoms in total. The molecule has 0 N–H and O–H groups in total. The molecule has 2 aromatic heterocycles. The van der Waals surface area contributed by atoms with Gasteiger partial charge in [0.2, 0.25) is 0 Å². The number of aromatic nitrogens is 3. The summed E-state index contributed by atoms with van der Waals surface area (Å²) in [5.41, 5.74) is -0.425. The number of aryl methyl sites for hydroxylation is 1. The Hall–Kier alpha value is -1.80. The number of pyridine rings is 1. The van der Waals surface area contributed by atoms with Gasteiger partial charge >= 0.3 is 0 Å². The SMILES string of the molecule is CCn1nc(C2CC2)cc1S(=O)(=O)N1CC(F)(c2cccnc2)C1. The smallest absolute Gasteiger partial charge is 0.260 e. The Morgan fingerprint density at radius 2 is 2.12 bits per heavy atom. The Kier molecular flexibility index (Phi) is 3.50. The van der Waals surface area contributed by atoms with Gasteiger partial charge in [-0.3, -0.25) is 9.67 Å². The van der Waals surface area contributed by atoms with E-state index in [0.29, 0.717) is 18.0 Å². The molecule has 0 radical (unpaired) electrons. The lowest BCUT2D eigenvalue weighted by molar-refractivity contribution is 0.0173. The number of hydrogen-bond acceptors (Lipinski definition) is 4. The van der Waals surface area contributed by atoms with Crippen LogP contribution in [0.15, 0.2) is 35.6 Å². The van der Waals surface area contributed by atoms with Gasteiger partial charge in [-0.25, -0.2) is 12.8 Å². The number of hydrogen-bond donors (Lipinski definition) is 0. The van der Waals surface area contributed by atoms with Crippen molar-refractivity contribution in [3.63, 3.8) is 0 Å². The molecule has 1 aliphatic carbocycles. The molecule has 0 unspecified atom stereocenters. The minimum Gasteiger partial charge on any atom is -0.264 e. The molecule has 128 valence electrons.